The smallest absolute Gasteiger partial charge is 0.0553 e. The molecular formula is C17H21ClN2S. The molecule has 21 heavy (non-hydrogen) atoms. The first kappa shape index (κ1) is 16.2. The molecule has 4 heteroatoms. The van der Waals surface area contributed by atoms with Gasteiger partial charge in [-0.15, -0.1) is 12.4 Å². The number of hydrogen-bond acceptors (Lipinski definition) is 3. The number of anilines is 2. The number of likely N-dealkylation sites (N-methyl/N-ethyl adjacent to an activating group) is 1. The zero-order valence-electron chi connectivity index (χ0n) is 12.6. The summed E-state index contributed by atoms with van der Waals surface area (Å²) in [6.45, 7) is 3.27. The Morgan fingerprint density at radius 1 is 0.952 bits per heavy atom. The van der Waals surface area contributed by atoms with Gasteiger partial charge in [0.15, 0.2) is 0 Å². The lowest BCUT2D eigenvalue weighted by molar-refractivity contribution is 0.319. The molecule has 0 N–H and O–H groups in total. The van der Waals surface area contributed by atoms with Crippen molar-refractivity contribution in [3.8, 4) is 0 Å². The molecule has 1 atom stereocenters. The summed E-state index contributed by atoms with van der Waals surface area (Å²) in [6.07, 6.45) is 0. The minimum absolute atomic E-state index is 0. The van der Waals surface area contributed by atoms with Gasteiger partial charge in [0.2, 0.25) is 0 Å². The highest BCUT2D eigenvalue weighted by molar-refractivity contribution is 7.99. The van der Waals surface area contributed by atoms with Gasteiger partial charge in [-0.05, 0) is 45.3 Å². The summed E-state index contributed by atoms with van der Waals surface area (Å²) in [7, 11) is 4.28. The van der Waals surface area contributed by atoms with Gasteiger partial charge in [-0.25, -0.2) is 0 Å². The largest absolute Gasteiger partial charge is 0.338 e. The molecule has 2 aromatic carbocycles. The van der Waals surface area contributed by atoms with E-state index in [4.69, 9.17) is 0 Å². The number of fused-ring (bicyclic) bond motifs is 2. The highest BCUT2D eigenvalue weighted by Gasteiger charge is 2.24. The Balaban J connectivity index is 0.00000161. The summed E-state index contributed by atoms with van der Waals surface area (Å²) in [6, 6.07) is 17.9. The third kappa shape index (κ3) is 3.20. The molecule has 0 amide bonds. The fraction of sp³-hybridized carbons (Fsp3) is 0.294. The third-order valence-corrected chi connectivity index (χ3v) is 4.99. The second-order valence-electron chi connectivity index (χ2n) is 5.46. The Bertz CT molecular complexity index is 570. The Morgan fingerprint density at radius 3 is 1.90 bits per heavy atom. The van der Waals surface area contributed by atoms with Crippen LogP contribution in [0.15, 0.2) is 58.3 Å². The van der Waals surface area contributed by atoms with Gasteiger partial charge in [-0.1, -0.05) is 36.0 Å². The van der Waals surface area contributed by atoms with E-state index in [2.05, 4.69) is 79.3 Å². The molecule has 1 aliphatic heterocycles. The predicted molar refractivity (Wildman–Crippen MR) is 94.4 cm³/mol. The van der Waals surface area contributed by atoms with Crippen LogP contribution in [0.25, 0.3) is 0 Å². The van der Waals surface area contributed by atoms with E-state index in [0.717, 1.165) is 6.54 Å². The standard InChI is InChI=1S/C17H20N2S.ClH/c1-13(18(2)3)12-19-14-8-4-6-10-16(14)20-17-11-7-5-9-15(17)19;/h4-11,13H,12H2,1-3H3;1H. The molecule has 2 nitrogen and oxygen atoms in total. The van der Waals surface area contributed by atoms with Crippen molar-refractivity contribution in [1.29, 1.82) is 0 Å². The van der Waals surface area contributed by atoms with E-state index < -0.39 is 0 Å². The summed E-state index contributed by atoms with van der Waals surface area (Å²) < 4.78 is 0. The maximum absolute atomic E-state index is 2.45. The van der Waals surface area contributed by atoms with Crippen LogP contribution in [0, 0.1) is 0 Å². The van der Waals surface area contributed by atoms with Crippen molar-refractivity contribution < 1.29 is 0 Å². The molecule has 3 rings (SSSR count). The Kier molecular flexibility index (Phi) is 5.20. The molecule has 1 unspecified atom stereocenters. The van der Waals surface area contributed by atoms with E-state index in [1.54, 1.807) is 0 Å². The molecule has 0 spiro atoms. The van der Waals surface area contributed by atoms with Crippen LogP contribution in [0.4, 0.5) is 11.4 Å². The van der Waals surface area contributed by atoms with Gasteiger partial charge in [0.1, 0.15) is 0 Å². The van der Waals surface area contributed by atoms with Crippen molar-refractivity contribution >= 4 is 35.5 Å². The van der Waals surface area contributed by atoms with E-state index in [9.17, 15) is 0 Å². The number of hydrogen-bond donors (Lipinski definition) is 0. The zero-order valence-corrected chi connectivity index (χ0v) is 14.2. The Labute approximate surface area is 137 Å². The van der Waals surface area contributed by atoms with E-state index in [1.165, 1.54) is 21.2 Å². The average molecular weight is 321 g/mol. The molecule has 1 aliphatic rings. The highest BCUT2D eigenvalue weighted by Crippen LogP contribution is 2.47. The SMILES string of the molecule is CC(CN1c2ccccc2Sc2ccccc21)N(C)C.Cl. The summed E-state index contributed by atoms with van der Waals surface area (Å²) in [5.41, 5.74) is 2.65. The minimum atomic E-state index is 0. The third-order valence-electron chi connectivity index (χ3n) is 3.86. The molecule has 2 aromatic rings. The van der Waals surface area contributed by atoms with E-state index in [-0.39, 0.29) is 12.4 Å². The van der Waals surface area contributed by atoms with Crippen molar-refractivity contribution in [2.24, 2.45) is 0 Å². The molecule has 0 fully saturated rings. The van der Waals surface area contributed by atoms with Crippen LogP contribution >= 0.6 is 24.2 Å². The lowest BCUT2D eigenvalue weighted by Gasteiger charge is -2.36. The fourth-order valence-electron chi connectivity index (χ4n) is 2.41. The maximum Gasteiger partial charge on any atom is 0.0553 e. The molecule has 0 aromatic heterocycles. The lowest BCUT2D eigenvalue weighted by atomic mass is 10.2. The molecule has 0 bridgehead atoms. The van der Waals surface area contributed by atoms with Gasteiger partial charge < -0.3 is 9.80 Å². The molecule has 0 aliphatic carbocycles. The summed E-state index contributed by atoms with van der Waals surface area (Å²) in [4.78, 5) is 7.41. The topological polar surface area (TPSA) is 6.48 Å². The first-order chi connectivity index (χ1) is 9.66. The molecular weight excluding hydrogens is 300 g/mol. The second-order valence-corrected chi connectivity index (χ2v) is 6.54. The van der Waals surface area contributed by atoms with Gasteiger partial charge in [-0.2, -0.15) is 0 Å². The van der Waals surface area contributed by atoms with Gasteiger partial charge >= 0.3 is 0 Å². The number of nitrogens with zero attached hydrogens (tertiary/aromatic N) is 2. The van der Waals surface area contributed by atoms with E-state index >= 15 is 0 Å². The number of halogens is 1. The van der Waals surface area contributed by atoms with E-state index in [0.29, 0.717) is 6.04 Å². The number of rotatable bonds is 3. The normalized spacial score (nSPS) is 14.2. The second kappa shape index (κ2) is 6.73. The number of para-hydroxylation sites is 2. The first-order valence-electron chi connectivity index (χ1n) is 6.96. The van der Waals surface area contributed by atoms with Crippen LogP contribution in [0.3, 0.4) is 0 Å². The molecule has 0 saturated heterocycles. The van der Waals surface area contributed by atoms with Crippen LogP contribution in [-0.2, 0) is 0 Å². The van der Waals surface area contributed by atoms with Crippen molar-refractivity contribution in [3.63, 3.8) is 0 Å². The van der Waals surface area contributed by atoms with Crippen molar-refractivity contribution in [2.75, 3.05) is 25.5 Å². The van der Waals surface area contributed by atoms with E-state index in [1.807, 2.05) is 11.8 Å². The lowest BCUT2D eigenvalue weighted by Crippen LogP contribution is -2.37. The highest BCUT2D eigenvalue weighted by atomic mass is 35.5. The fourth-order valence-corrected chi connectivity index (χ4v) is 3.50. The summed E-state index contributed by atoms with van der Waals surface area (Å²) in [5.74, 6) is 0. The van der Waals surface area contributed by atoms with Crippen molar-refractivity contribution in [3.05, 3.63) is 48.5 Å². The van der Waals surface area contributed by atoms with Crippen LogP contribution in [-0.4, -0.2) is 31.6 Å². The molecule has 112 valence electrons. The molecule has 0 saturated carbocycles. The summed E-state index contributed by atoms with van der Waals surface area (Å²) >= 11 is 1.87. The van der Waals surface area contributed by atoms with Crippen molar-refractivity contribution in [2.45, 2.75) is 22.8 Å². The average Bonchev–Trinajstić information content (AvgIpc) is 2.46. The Hall–Kier alpha value is -1.16. The maximum atomic E-state index is 2.45. The minimum Gasteiger partial charge on any atom is -0.338 e. The van der Waals surface area contributed by atoms with Gasteiger partial charge in [-0.3, -0.25) is 0 Å². The van der Waals surface area contributed by atoms with Gasteiger partial charge in [0.25, 0.3) is 0 Å². The quantitative estimate of drug-likeness (QED) is 0.812. The van der Waals surface area contributed by atoms with Crippen LogP contribution in [0.2, 0.25) is 0 Å². The van der Waals surface area contributed by atoms with Crippen molar-refractivity contribution in [1.82, 2.24) is 4.90 Å². The van der Waals surface area contributed by atoms with Gasteiger partial charge in [0.05, 0.1) is 11.4 Å². The predicted octanol–water partition coefficient (Wildman–Crippen LogP) is 4.66. The monoisotopic (exact) mass is 320 g/mol. The molecule has 0 radical (unpaired) electrons. The van der Waals surface area contributed by atoms with Crippen LogP contribution < -0.4 is 4.90 Å². The first-order valence-corrected chi connectivity index (χ1v) is 7.78. The molecule has 1 heterocycles. The number of benzene rings is 2. The van der Waals surface area contributed by atoms with Crippen LogP contribution in [0.1, 0.15) is 6.92 Å². The van der Waals surface area contributed by atoms with Gasteiger partial charge in [0, 0.05) is 22.4 Å². The van der Waals surface area contributed by atoms with Crippen LogP contribution in [0.5, 0.6) is 0 Å². The summed E-state index contributed by atoms with van der Waals surface area (Å²) in [5, 5.41) is 0. The Morgan fingerprint density at radius 2 is 1.43 bits per heavy atom. The zero-order chi connectivity index (χ0) is 14.1.